The summed E-state index contributed by atoms with van der Waals surface area (Å²) in [5.74, 6) is 0.146. The number of aryl methyl sites for hydroxylation is 2. The molecule has 0 saturated heterocycles. The summed E-state index contributed by atoms with van der Waals surface area (Å²) in [6, 6.07) is 18.7. The first-order chi connectivity index (χ1) is 11.6. The summed E-state index contributed by atoms with van der Waals surface area (Å²) >= 11 is 0. The van der Waals surface area contributed by atoms with Gasteiger partial charge in [0.15, 0.2) is 0 Å². The summed E-state index contributed by atoms with van der Waals surface area (Å²) in [6.45, 7) is 3.84. The molecule has 2 rings (SSSR count). The van der Waals surface area contributed by atoms with Crippen LogP contribution < -0.4 is 10.2 Å². The Balaban J connectivity index is 1.56. The number of rotatable bonds is 9. The minimum atomic E-state index is 0.146. The number of carbonyl (C=O) groups is 1. The summed E-state index contributed by atoms with van der Waals surface area (Å²) in [6.07, 6.45) is 3.45. The number of benzene rings is 2. The molecule has 0 aliphatic rings. The van der Waals surface area contributed by atoms with Crippen molar-refractivity contribution < 1.29 is 4.79 Å². The topological polar surface area (TPSA) is 32.3 Å². The summed E-state index contributed by atoms with van der Waals surface area (Å²) < 4.78 is 0. The molecule has 0 aliphatic heterocycles. The second kappa shape index (κ2) is 9.76. The van der Waals surface area contributed by atoms with Crippen molar-refractivity contribution in [3.05, 3.63) is 65.7 Å². The number of nitrogens with zero attached hydrogens (tertiary/aromatic N) is 1. The molecule has 2 aromatic rings. The Bertz CT molecular complexity index is 625. The minimum absolute atomic E-state index is 0.146. The molecule has 3 heteroatoms. The lowest BCUT2D eigenvalue weighted by Gasteiger charge is -2.19. The van der Waals surface area contributed by atoms with E-state index in [0.717, 1.165) is 32.4 Å². The SMILES string of the molecule is Cc1cccc(CCC(=O)NCCCCN(C)c2ccccc2)c1. The van der Waals surface area contributed by atoms with E-state index in [4.69, 9.17) is 0 Å². The third-order valence-electron chi connectivity index (χ3n) is 4.16. The van der Waals surface area contributed by atoms with Crippen LogP contribution in [0.2, 0.25) is 0 Å². The minimum Gasteiger partial charge on any atom is -0.375 e. The largest absolute Gasteiger partial charge is 0.375 e. The number of unbranched alkanes of at least 4 members (excludes halogenated alkanes) is 1. The standard InChI is InChI=1S/C21H28N2O/c1-18-9-8-10-19(17-18)13-14-21(24)22-15-6-7-16-23(2)20-11-4-3-5-12-20/h3-5,8-12,17H,6-7,13-16H2,1-2H3,(H,22,24). The van der Waals surface area contributed by atoms with Crippen LogP contribution in [0.5, 0.6) is 0 Å². The van der Waals surface area contributed by atoms with E-state index >= 15 is 0 Å². The number of carbonyl (C=O) groups excluding carboxylic acids is 1. The fourth-order valence-electron chi connectivity index (χ4n) is 2.73. The van der Waals surface area contributed by atoms with E-state index in [0.29, 0.717) is 6.42 Å². The first-order valence-electron chi connectivity index (χ1n) is 8.73. The van der Waals surface area contributed by atoms with Crippen molar-refractivity contribution in [3.8, 4) is 0 Å². The molecule has 1 N–H and O–H groups in total. The van der Waals surface area contributed by atoms with Crippen molar-refractivity contribution in [2.45, 2.75) is 32.6 Å². The van der Waals surface area contributed by atoms with E-state index in [2.05, 4.69) is 66.7 Å². The highest BCUT2D eigenvalue weighted by Crippen LogP contribution is 2.11. The molecule has 128 valence electrons. The van der Waals surface area contributed by atoms with Gasteiger partial charge in [-0.1, -0.05) is 48.0 Å². The second-order valence-electron chi connectivity index (χ2n) is 6.30. The highest BCUT2D eigenvalue weighted by molar-refractivity contribution is 5.76. The van der Waals surface area contributed by atoms with Gasteiger partial charge in [-0.3, -0.25) is 4.79 Å². The van der Waals surface area contributed by atoms with Crippen molar-refractivity contribution in [1.29, 1.82) is 0 Å². The Morgan fingerprint density at radius 3 is 2.58 bits per heavy atom. The summed E-state index contributed by atoms with van der Waals surface area (Å²) in [4.78, 5) is 14.1. The molecule has 3 nitrogen and oxygen atoms in total. The van der Waals surface area contributed by atoms with Gasteiger partial charge in [0.1, 0.15) is 0 Å². The van der Waals surface area contributed by atoms with E-state index < -0.39 is 0 Å². The van der Waals surface area contributed by atoms with Gasteiger partial charge in [-0.15, -0.1) is 0 Å². The number of para-hydroxylation sites is 1. The second-order valence-corrected chi connectivity index (χ2v) is 6.30. The van der Waals surface area contributed by atoms with Crippen molar-refractivity contribution >= 4 is 11.6 Å². The van der Waals surface area contributed by atoms with Crippen LogP contribution in [0.15, 0.2) is 54.6 Å². The Labute approximate surface area is 145 Å². The maximum Gasteiger partial charge on any atom is 0.220 e. The molecular weight excluding hydrogens is 296 g/mol. The van der Waals surface area contributed by atoms with Crippen LogP contribution in [0, 0.1) is 6.92 Å². The summed E-state index contributed by atoms with van der Waals surface area (Å²) in [7, 11) is 2.11. The van der Waals surface area contributed by atoms with Gasteiger partial charge >= 0.3 is 0 Å². The first-order valence-corrected chi connectivity index (χ1v) is 8.73. The van der Waals surface area contributed by atoms with Crippen LogP contribution in [0.3, 0.4) is 0 Å². The molecule has 0 atom stereocenters. The summed E-state index contributed by atoms with van der Waals surface area (Å²) in [5.41, 5.74) is 3.71. The van der Waals surface area contributed by atoms with Gasteiger partial charge in [-0.25, -0.2) is 0 Å². The molecular formula is C21H28N2O. The predicted molar refractivity (Wildman–Crippen MR) is 101 cm³/mol. The molecule has 0 heterocycles. The Kier molecular flexibility index (Phi) is 7.34. The molecule has 0 fully saturated rings. The van der Waals surface area contributed by atoms with Gasteiger partial charge < -0.3 is 10.2 Å². The van der Waals surface area contributed by atoms with Gasteiger partial charge in [0.25, 0.3) is 0 Å². The smallest absolute Gasteiger partial charge is 0.220 e. The zero-order valence-corrected chi connectivity index (χ0v) is 14.8. The quantitative estimate of drug-likeness (QED) is 0.708. The number of amides is 1. The van der Waals surface area contributed by atoms with Crippen molar-refractivity contribution in [1.82, 2.24) is 5.32 Å². The van der Waals surface area contributed by atoms with Crippen molar-refractivity contribution in [3.63, 3.8) is 0 Å². The zero-order chi connectivity index (χ0) is 17.2. The van der Waals surface area contributed by atoms with Gasteiger partial charge in [-0.05, 0) is 43.9 Å². The Hall–Kier alpha value is -2.29. The number of hydrogen-bond acceptors (Lipinski definition) is 2. The fourth-order valence-corrected chi connectivity index (χ4v) is 2.73. The molecule has 0 aromatic heterocycles. The molecule has 0 radical (unpaired) electrons. The highest BCUT2D eigenvalue weighted by atomic mass is 16.1. The van der Waals surface area contributed by atoms with Crippen molar-refractivity contribution in [2.24, 2.45) is 0 Å². The predicted octanol–water partition coefficient (Wildman–Crippen LogP) is 3.96. The molecule has 1 amide bonds. The first kappa shape index (κ1) is 18.1. The number of hydrogen-bond donors (Lipinski definition) is 1. The van der Waals surface area contributed by atoms with Crippen LogP contribution in [0.25, 0.3) is 0 Å². The molecule has 0 spiro atoms. The third-order valence-corrected chi connectivity index (χ3v) is 4.16. The number of anilines is 1. The lowest BCUT2D eigenvalue weighted by molar-refractivity contribution is -0.121. The van der Waals surface area contributed by atoms with Crippen LogP contribution in [0.4, 0.5) is 5.69 Å². The lowest BCUT2D eigenvalue weighted by atomic mass is 10.1. The lowest BCUT2D eigenvalue weighted by Crippen LogP contribution is -2.26. The van der Waals surface area contributed by atoms with Crippen LogP contribution in [-0.2, 0) is 11.2 Å². The third kappa shape index (κ3) is 6.45. The van der Waals surface area contributed by atoms with Gasteiger partial charge in [-0.2, -0.15) is 0 Å². The summed E-state index contributed by atoms with van der Waals surface area (Å²) in [5, 5.41) is 3.02. The van der Waals surface area contributed by atoms with E-state index in [1.807, 2.05) is 12.1 Å². The molecule has 2 aromatic carbocycles. The van der Waals surface area contributed by atoms with E-state index in [-0.39, 0.29) is 5.91 Å². The van der Waals surface area contributed by atoms with E-state index in [1.165, 1.54) is 16.8 Å². The highest BCUT2D eigenvalue weighted by Gasteiger charge is 2.03. The fraction of sp³-hybridized carbons (Fsp3) is 0.381. The van der Waals surface area contributed by atoms with Crippen LogP contribution >= 0.6 is 0 Å². The Morgan fingerprint density at radius 1 is 1.04 bits per heavy atom. The maximum absolute atomic E-state index is 11.9. The average molecular weight is 324 g/mol. The Morgan fingerprint density at radius 2 is 1.83 bits per heavy atom. The average Bonchev–Trinajstić information content (AvgIpc) is 2.60. The molecule has 0 bridgehead atoms. The van der Waals surface area contributed by atoms with Gasteiger partial charge in [0.2, 0.25) is 5.91 Å². The van der Waals surface area contributed by atoms with Gasteiger partial charge in [0.05, 0.1) is 0 Å². The number of nitrogens with one attached hydrogen (secondary N) is 1. The normalized spacial score (nSPS) is 10.4. The molecule has 0 aliphatic carbocycles. The van der Waals surface area contributed by atoms with Crippen LogP contribution in [-0.4, -0.2) is 26.0 Å². The molecule has 0 saturated carbocycles. The van der Waals surface area contributed by atoms with E-state index in [1.54, 1.807) is 0 Å². The maximum atomic E-state index is 11.9. The zero-order valence-electron chi connectivity index (χ0n) is 14.8. The van der Waals surface area contributed by atoms with E-state index in [9.17, 15) is 4.79 Å². The van der Waals surface area contributed by atoms with Crippen molar-refractivity contribution in [2.75, 3.05) is 25.0 Å². The van der Waals surface area contributed by atoms with Crippen LogP contribution in [0.1, 0.15) is 30.4 Å². The molecule has 0 unspecified atom stereocenters. The monoisotopic (exact) mass is 324 g/mol. The molecule has 24 heavy (non-hydrogen) atoms. The van der Waals surface area contributed by atoms with Gasteiger partial charge in [0, 0.05) is 32.2 Å².